The first-order valence-electron chi connectivity index (χ1n) is 6.29. The van der Waals surface area contributed by atoms with E-state index in [0.29, 0.717) is 28.0 Å². The van der Waals surface area contributed by atoms with Crippen molar-refractivity contribution in [3.05, 3.63) is 65.6 Å². The lowest BCUT2D eigenvalue weighted by atomic mass is 10.3. The standard InChI is InChI=1S/C16H11ClN2O2/c17-12-6-7-15-14(8-12)19-16(21-15)11(10-20)9-18-13-4-2-1-3-5-13/h1-10,18H/b11-9+. The number of carbonyl (C=O) groups is 1. The molecule has 0 bridgehead atoms. The number of benzene rings is 2. The predicted octanol–water partition coefficient (Wildman–Crippen LogP) is 4.13. The van der Waals surface area contributed by atoms with Gasteiger partial charge in [0.15, 0.2) is 11.9 Å². The number of para-hydroxylation sites is 1. The molecular formula is C16H11ClN2O2. The molecule has 104 valence electrons. The van der Waals surface area contributed by atoms with Crippen LogP contribution in [0.4, 0.5) is 5.69 Å². The van der Waals surface area contributed by atoms with Crippen molar-refractivity contribution in [3.63, 3.8) is 0 Å². The Morgan fingerprint density at radius 1 is 1.19 bits per heavy atom. The van der Waals surface area contributed by atoms with Crippen LogP contribution in [0.1, 0.15) is 5.89 Å². The molecule has 0 spiro atoms. The van der Waals surface area contributed by atoms with Gasteiger partial charge < -0.3 is 9.73 Å². The molecule has 0 atom stereocenters. The molecule has 0 radical (unpaired) electrons. The van der Waals surface area contributed by atoms with E-state index in [0.717, 1.165) is 5.69 Å². The molecule has 0 fully saturated rings. The Morgan fingerprint density at radius 3 is 2.76 bits per heavy atom. The van der Waals surface area contributed by atoms with E-state index in [1.54, 1.807) is 24.4 Å². The molecule has 2 aromatic carbocycles. The number of hydrogen-bond acceptors (Lipinski definition) is 4. The first-order chi connectivity index (χ1) is 10.3. The number of carbonyl (C=O) groups excluding carboxylic acids is 1. The van der Waals surface area contributed by atoms with Crippen molar-refractivity contribution in [3.8, 4) is 0 Å². The molecule has 0 unspecified atom stereocenters. The highest BCUT2D eigenvalue weighted by Gasteiger charge is 2.10. The van der Waals surface area contributed by atoms with Gasteiger partial charge in [0.2, 0.25) is 5.89 Å². The SMILES string of the molecule is O=C/C(=C\Nc1ccccc1)c1nc2cc(Cl)ccc2o1. The lowest BCUT2D eigenvalue weighted by molar-refractivity contribution is -0.103. The Kier molecular flexibility index (Phi) is 3.71. The summed E-state index contributed by atoms with van der Waals surface area (Å²) in [7, 11) is 0. The van der Waals surface area contributed by atoms with E-state index in [1.165, 1.54) is 0 Å². The van der Waals surface area contributed by atoms with Gasteiger partial charge in [0.25, 0.3) is 0 Å². The maximum atomic E-state index is 11.2. The molecule has 3 aromatic rings. The van der Waals surface area contributed by atoms with Crippen LogP contribution >= 0.6 is 11.6 Å². The van der Waals surface area contributed by atoms with Gasteiger partial charge in [0.05, 0.1) is 5.57 Å². The number of aldehydes is 1. The number of aromatic nitrogens is 1. The minimum absolute atomic E-state index is 0.255. The highest BCUT2D eigenvalue weighted by atomic mass is 35.5. The smallest absolute Gasteiger partial charge is 0.232 e. The molecule has 0 saturated carbocycles. The number of rotatable bonds is 4. The zero-order valence-electron chi connectivity index (χ0n) is 10.9. The van der Waals surface area contributed by atoms with E-state index in [1.807, 2.05) is 30.3 Å². The summed E-state index contributed by atoms with van der Waals surface area (Å²) in [5.41, 5.74) is 2.40. The summed E-state index contributed by atoms with van der Waals surface area (Å²) in [5.74, 6) is 0.255. The van der Waals surface area contributed by atoms with Crippen LogP contribution in [0.3, 0.4) is 0 Å². The van der Waals surface area contributed by atoms with Gasteiger partial charge in [-0.1, -0.05) is 29.8 Å². The average Bonchev–Trinajstić information content (AvgIpc) is 2.92. The lowest BCUT2D eigenvalue weighted by Crippen LogP contribution is -1.93. The highest BCUT2D eigenvalue weighted by molar-refractivity contribution is 6.31. The molecule has 21 heavy (non-hydrogen) atoms. The van der Waals surface area contributed by atoms with Crippen molar-refractivity contribution in [1.82, 2.24) is 4.98 Å². The fraction of sp³-hybridized carbons (Fsp3) is 0. The van der Waals surface area contributed by atoms with E-state index in [4.69, 9.17) is 16.0 Å². The molecule has 0 saturated heterocycles. The second kappa shape index (κ2) is 5.81. The summed E-state index contributed by atoms with van der Waals surface area (Å²) in [6.45, 7) is 0. The summed E-state index contributed by atoms with van der Waals surface area (Å²) < 4.78 is 5.56. The molecule has 1 aromatic heterocycles. The average molecular weight is 299 g/mol. The first-order valence-corrected chi connectivity index (χ1v) is 6.67. The number of nitrogens with zero attached hydrogens (tertiary/aromatic N) is 1. The monoisotopic (exact) mass is 298 g/mol. The zero-order chi connectivity index (χ0) is 14.7. The van der Waals surface area contributed by atoms with Crippen LogP contribution in [0.2, 0.25) is 5.02 Å². The Balaban J connectivity index is 1.92. The van der Waals surface area contributed by atoms with Crippen molar-refractivity contribution < 1.29 is 9.21 Å². The van der Waals surface area contributed by atoms with Gasteiger partial charge in [-0.3, -0.25) is 4.79 Å². The van der Waals surface area contributed by atoms with E-state index in [-0.39, 0.29) is 5.89 Å². The van der Waals surface area contributed by atoms with E-state index < -0.39 is 0 Å². The molecule has 0 aliphatic heterocycles. The Morgan fingerprint density at radius 2 is 2.00 bits per heavy atom. The second-order valence-electron chi connectivity index (χ2n) is 4.36. The zero-order valence-corrected chi connectivity index (χ0v) is 11.7. The van der Waals surface area contributed by atoms with Crippen LogP contribution in [0.15, 0.2) is 59.1 Å². The summed E-state index contributed by atoms with van der Waals surface area (Å²) in [6, 6.07) is 14.6. The third-order valence-corrected chi connectivity index (χ3v) is 3.13. The van der Waals surface area contributed by atoms with Gasteiger partial charge in [-0.05, 0) is 30.3 Å². The highest BCUT2D eigenvalue weighted by Crippen LogP contribution is 2.23. The largest absolute Gasteiger partial charge is 0.436 e. The van der Waals surface area contributed by atoms with E-state index in [2.05, 4.69) is 10.3 Å². The van der Waals surface area contributed by atoms with Crippen LogP contribution in [0.5, 0.6) is 0 Å². The summed E-state index contributed by atoms with van der Waals surface area (Å²) in [6.07, 6.45) is 2.26. The predicted molar refractivity (Wildman–Crippen MR) is 83.1 cm³/mol. The third-order valence-electron chi connectivity index (χ3n) is 2.89. The fourth-order valence-electron chi connectivity index (χ4n) is 1.87. The number of anilines is 1. The Labute approximate surface area is 126 Å². The van der Waals surface area contributed by atoms with Gasteiger partial charge in [0, 0.05) is 16.9 Å². The maximum Gasteiger partial charge on any atom is 0.232 e. The van der Waals surface area contributed by atoms with E-state index >= 15 is 0 Å². The van der Waals surface area contributed by atoms with Gasteiger partial charge in [-0.2, -0.15) is 0 Å². The number of fused-ring (bicyclic) bond motifs is 1. The van der Waals surface area contributed by atoms with Crippen molar-refractivity contribution in [2.45, 2.75) is 0 Å². The quantitative estimate of drug-likeness (QED) is 0.581. The van der Waals surface area contributed by atoms with E-state index in [9.17, 15) is 4.79 Å². The Bertz CT molecular complexity index is 810. The summed E-state index contributed by atoms with van der Waals surface area (Å²) in [5, 5.41) is 3.60. The number of oxazole rings is 1. The van der Waals surface area contributed by atoms with Gasteiger partial charge in [0.1, 0.15) is 5.52 Å². The normalized spacial score (nSPS) is 11.6. The van der Waals surface area contributed by atoms with Crippen molar-refractivity contribution in [1.29, 1.82) is 0 Å². The van der Waals surface area contributed by atoms with Crippen LogP contribution in [0.25, 0.3) is 16.7 Å². The van der Waals surface area contributed by atoms with Crippen molar-refractivity contribution in [2.75, 3.05) is 5.32 Å². The van der Waals surface area contributed by atoms with Gasteiger partial charge >= 0.3 is 0 Å². The fourth-order valence-corrected chi connectivity index (χ4v) is 2.03. The number of allylic oxidation sites excluding steroid dienone is 1. The molecule has 1 N–H and O–H groups in total. The lowest BCUT2D eigenvalue weighted by Gasteiger charge is -2.00. The molecule has 1 heterocycles. The molecule has 5 heteroatoms. The maximum absolute atomic E-state index is 11.2. The summed E-state index contributed by atoms with van der Waals surface area (Å²) >= 11 is 5.90. The van der Waals surface area contributed by atoms with Crippen LogP contribution in [0, 0.1) is 0 Å². The van der Waals surface area contributed by atoms with Crippen LogP contribution < -0.4 is 5.32 Å². The van der Waals surface area contributed by atoms with Crippen molar-refractivity contribution in [2.24, 2.45) is 0 Å². The topological polar surface area (TPSA) is 55.1 Å². The molecule has 4 nitrogen and oxygen atoms in total. The second-order valence-corrected chi connectivity index (χ2v) is 4.80. The minimum Gasteiger partial charge on any atom is -0.436 e. The minimum atomic E-state index is 0.255. The Hall–Kier alpha value is -2.59. The molecule has 0 aliphatic rings. The van der Waals surface area contributed by atoms with Gasteiger partial charge in [-0.15, -0.1) is 0 Å². The van der Waals surface area contributed by atoms with Crippen LogP contribution in [-0.4, -0.2) is 11.3 Å². The number of nitrogens with one attached hydrogen (secondary N) is 1. The summed E-state index contributed by atoms with van der Waals surface area (Å²) in [4.78, 5) is 15.5. The third kappa shape index (κ3) is 2.95. The molecular weight excluding hydrogens is 288 g/mol. The van der Waals surface area contributed by atoms with Gasteiger partial charge in [-0.25, -0.2) is 4.98 Å². The first kappa shape index (κ1) is 13.4. The van der Waals surface area contributed by atoms with Crippen molar-refractivity contribution >= 4 is 40.2 Å². The number of hydrogen-bond donors (Lipinski definition) is 1. The molecule has 0 amide bonds. The molecule has 3 rings (SSSR count). The number of halogens is 1. The molecule has 0 aliphatic carbocycles. The van der Waals surface area contributed by atoms with Crippen LogP contribution in [-0.2, 0) is 4.79 Å².